The largest absolute Gasteiger partial charge is 0.357 e. The van der Waals surface area contributed by atoms with Crippen molar-refractivity contribution in [3.63, 3.8) is 0 Å². The number of nitrogens with zero attached hydrogens (tertiary/aromatic N) is 3. The highest BCUT2D eigenvalue weighted by molar-refractivity contribution is 14.0. The van der Waals surface area contributed by atoms with Gasteiger partial charge in [-0.25, -0.2) is 9.98 Å². The molecule has 2 N–H and O–H groups in total. The van der Waals surface area contributed by atoms with E-state index >= 15 is 0 Å². The molecule has 0 saturated heterocycles. The van der Waals surface area contributed by atoms with E-state index in [0.717, 1.165) is 42.8 Å². The maximum absolute atomic E-state index is 4.80. The van der Waals surface area contributed by atoms with Gasteiger partial charge in [-0.2, -0.15) is 0 Å². The zero-order valence-electron chi connectivity index (χ0n) is 17.7. The van der Waals surface area contributed by atoms with Gasteiger partial charge in [-0.3, -0.25) is 4.90 Å². The second kappa shape index (κ2) is 13.1. The van der Waals surface area contributed by atoms with Gasteiger partial charge in [0.05, 0.1) is 18.8 Å². The first-order chi connectivity index (χ1) is 13.1. The third kappa shape index (κ3) is 7.67. The molecule has 2 aromatic rings. The Morgan fingerprint density at radius 2 is 1.75 bits per heavy atom. The number of rotatable bonds is 9. The predicted molar refractivity (Wildman–Crippen MR) is 132 cm³/mol. The number of hydrogen-bond donors (Lipinski definition) is 2. The highest BCUT2D eigenvalue weighted by Gasteiger charge is 2.07. The maximum atomic E-state index is 4.80. The first-order valence-electron chi connectivity index (χ1n) is 9.81. The van der Waals surface area contributed by atoms with Gasteiger partial charge >= 0.3 is 0 Å². The van der Waals surface area contributed by atoms with Gasteiger partial charge in [0.1, 0.15) is 5.01 Å². The molecule has 2 rings (SSSR count). The van der Waals surface area contributed by atoms with Gasteiger partial charge in [0.2, 0.25) is 0 Å². The number of aliphatic imine (C=N–C) groups is 1. The molecular weight excluding hydrogens is 481 g/mol. The van der Waals surface area contributed by atoms with Crippen molar-refractivity contribution in [2.45, 2.75) is 54.3 Å². The Bertz CT molecular complexity index is 721. The quantitative estimate of drug-likeness (QED) is 0.294. The van der Waals surface area contributed by atoms with Crippen molar-refractivity contribution in [2.75, 3.05) is 19.6 Å². The third-order valence-electron chi connectivity index (χ3n) is 4.64. The predicted octanol–water partition coefficient (Wildman–Crippen LogP) is 4.48. The topological polar surface area (TPSA) is 52.6 Å². The zero-order valence-corrected chi connectivity index (χ0v) is 20.9. The van der Waals surface area contributed by atoms with Crippen molar-refractivity contribution in [3.05, 3.63) is 51.0 Å². The van der Waals surface area contributed by atoms with Crippen molar-refractivity contribution in [1.29, 1.82) is 0 Å². The Kier molecular flexibility index (Phi) is 11.6. The highest BCUT2D eigenvalue weighted by Crippen LogP contribution is 2.16. The molecule has 0 spiro atoms. The molecule has 0 aliphatic carbocycles. The van der Waals surface area contributed by atoms with Gasteiger partial charge in [0.25, 0.3) is 0 Å². The Morgan fingerprint density at radius 3 is 2.32 bits per heavy atom. The SMILES string of the molecule is CCNC(=NCc1ccccc1CN(CC)CC)NCc1nc(C)c(C)s1.I. The Labute approximate surface area is 191 Å². The van der Waals surface area contributed by atoms with Gasteiger partial charge in [0.15, 0.2) is 5.96 Å². The summed E-state index contributed by atoms with van der Waals surface area (Å²) < 4.78 is 0. The first kappa shape index (κ1) is 24.8. The number of thiazole rings is 1. The lowest BCUT2D eigenvalue weighted by Crippen LogP contribution is -2.36. The van der Waals surface area contributed by atoms with Crippen LogP contribution in [0, 0.1) is 13.8 Å². The van der Waals surface area contributed by atoms with E-state index < -0.39 is 0 Å². The van der Waals surface area contributed by atoms with Gasteiger partial charge in [0, 0.05) is 18.0 Å². The molecule has 0 amide bonds. The average Bonchev–Trinajstić information content (AvgIpc) is 3.00. The number of halogens is 1. The summed E-state index contributed by atoms with van der Waals surface area (Å²) in [5.41, 5.74) is 3.75. The van der Waals surface area contributed by atoms with Gasteiger partial charge < -0.3 is 10.6 Å². The van der Waals surface area contributed by atoms with Crippen LogP contribution in [0.5, 0.6) is 0 Å². The molecule has 0 aliphatic heterocycles. The number of guanidine groups is 1. The molecule has 5 nitrogen and oxygen atoms in total. The van der Waals surface area contributed by atoms with Crippen molar-refractivity contribution in [3.8, 4) is 0 Å². The Balaban J connectivity index is 0.00000392. The van der Waals surface area contributed by atoms with Crippen LogP contribution in [0.3, 0.4) is 0 Å². The number of benzene rings is 1. The van der Waals surface area contributed by atoms with E-state index in [1.807, 2.05) is 0 Å². The fourth-order valence-electron chi connectivity index (χ4n) is 2.83. The molecule has 1 aromatic heterocycles. The van der Waals surface area contributed by atoms with Crippen molar-refractivity contribution >= 4 is 41.3 Å². The fraction of sp³-hybridized carbons (Fsp3) is 0.524. The van der Waals surface area contributed by atoms with E-state index in [2.05, 4.69) is 79.4 Å². The van der Waals surface area contributed by atoms with Crippen LogP contribution in [0.25, 0.3) is 0 Å². The van der Waals surface area contributed by atoms with Crippen LogP contribution in [0.2, 0.25) is 0 Å². The van der Waals surface area contributed by atoms with Crippen LogP contribution in [0.15, 0.2) is 29.3 Å². The zero-order chi connectivity index (χ0) is 19.6. The van der Waals surface area contributed by atoms with E-state index in [4.69, 9.17) is 4.99 Å². The van der Waals surface area contributed by atoms with Crippen LogP contribution in [0.4, 0.5) is 0 Å². The second-order valence-electron chi connectivity index (χ2n) is 6.53. The molecule has 0 unspecified atom stereocenters. The number of aryl methyl sites for hydroxylation is 2. The van der Waals surface area contributed by atoms with Gasteiger partial charge in [-0.05, 0) is 45.0 Å². The lowest BCUT2D eigenvalue weighted by Gasteiger charge is -2.20. The third-order valence-corrected chi connectivity index (χ3v) is 5.71. The van der Waals surface area contributed by atoms with Crippen LogP contribution in [0.1, 0.15) is 47.5 Å². The van der Waals surface area contributed by atoms with Crippen molar-refractivity contribution in [1.82, 2.24) is 20.5 Å². The van der Waals surface area contributed by atoms with E-state index in [1.54, 1.807) is 11.3 Å². The summed E-state index contributed by atoms with van der Waals surface area (Å²) >= 11 is 1.74. The van der Waals surface area contributed by atoms with Gasteiger partial charge in [-0.15, -0.1) is 35.3 Å². The summed E-state index contributed by atoms with van der Waals surface area (Å²) in [6.45, 7) is 16.0. The van der Waals surface area contributed by atoms with E-state index in [-0.39, 0.29) is 24.0 Å². The smallest absolute Gasteiger partial charge is 0.191 e. The second-order valence-corrected chi connectivity index (χ2v) is 7.82. The summed E-state index contributed by atoms with van der Waals surface area (Å²) in [7, 11) is 0. The van der Waals surface area contributed by atoms with Gasteiger partial charge in [-0.1, -0.05) is 38.1 Å². The molecule has 1 aromatic carbocycles. The fourth-order valence-corrected chi connectivity index (χ4v) is 3.71. The summed E-state index contributed by atoms with van der Waals surface area (Å²) in [6, 6.07) is 8.60. The standard InChI is InChI=1S/C21H33N5S.HI/c1-6-22-21(24-14-20-25-16(4)17(5)27-20)23-13-18-11-9-10-12-19(18)15-26(7-2)8-3;/h9-12H,6-8,13-15H2,1-5H3,(H2,22,23,24);1H. The van der Waals surface area contributed by atoms with Crippen LogP contribution in [-0.4, -0.2) is 35.5 Å². The molecule has 28 heavy (non-hydrogen) atoms. The molecule has 0 atom stereocenters. The minimum absolute atomic E-state index is 0. The number of nitrogens with one attached hydrogen (secondary N) is 2. The Hall–Kier alpha value is -1.19. The van der Waals surface area contributed by atoms with Crippen molar-refractivity contribution in [2.24, 2.45) is 4.99 Å². The summed E-state index contributed by atoms with van der Waals surface area (Å²) in [5.74, 6) is 0.834. The molecule has 0 fully saturated rings. The molecule has 156 valence electrons. The molecule has 0 aliphatic rings. The lowest BCUT2D eigenvalue weighted by atomic mass is 10.1. The minimum Gasteiger partial charge on any atom is -0.357 e. The van der Waals surface area contributed by atoms with Crippen LogP contribution < -0.4 is 10.6 Å². The first-order valence-corrected chi connectivity index (χ1v) is 10.6. The summed E-state index contributed by atoms with van der Waals surface area (Å²) in [5, 5.41) is 7.83. The monoisotopic (exact) mass is 515 g/mol. The number of hydrogen-bond acceptors (Lipinski definition) is 4. The summed E-state index contributed by atoms with van der Waals surface area (Å²) in [6.07, 6.45) is 0. The molecule has 1 heterocycles. The normalized spacial score (nSPS) is 11.4. The summed E-state index contributed by atoms with van der Waals surface area (Å²) in [4.78, 5) is 13.1. The molecule has 0 radical (unpaired) electrons. The van der Waals surface area contributed by atoms with E-state index in [0.29, 0.717) is 13.1 Å². The maximum Gasteiger partial charge on any atom is 0.191 e. The minimum atomic E-state index is 0. The average molecular weight is 516 g/mol. The molecule has 0 bridgehead atoms. The van der Waals surface area contributed by atoms with E-state index in [1.165, 1.54) is 16.0 Å². The van der Waals surface area contributed by atoms with Crippen molar-refractivity contribution < 1.29 is 0 Å². The lowest BCUT2D eigenvalue weighted by molar-refractivity contribution is 0.295. The highest BCUT2D eigenvalue weighted by atomic mass is 127. The molecule has 0 saturated carbocycles. The number of aromatic nitrogens is 1. The molecule has 7 heteroatoms. The molecular formula is C21H34IN5S. The van der Waals surface area contributed by atoms with Crippen LogP contribution in [-0.2, 0) is 19.6 Å². The van der Waals surface area contributed by atoms with E-state index in [9.17, 15) is 0 Å². The Morgan fingerprint density at radius 1 is 1.07 bits per heavy atom. The van der Waals surface area contributed by atoms with Crippen LogP contribution >= 0.6 is 35.3 Å².